The summed E-state index contributed by atoms with van der Waals surface area (Å²) in [6.45, 7) is 12.7. The van der Waals surface area contributed by atoms with Gasteiger partial charge in [0, 0.05) is 23.9 Å². The fourth-order valence-electron chi connectivity index (χ4n) is 3.91. The van der Waals surface area contributed by atoms with E-state index in [9.17, 15) is 4.79 Å². The fraction of sp³-hybridized carbons (Fsp3) is 0.650. The Morgan fingerprint density at radius 1 is 1.27 bits per heavy atom. The minimum absolute atomic E-state index is 0.182. The number of halogens is 1. The molecule has 0 amide bonds. The first kappa shape index (κ1) is 19.5. The SMILES string of the molecule is COC(=O)c1cc(Br)c2c(c1C)OC(C)(C1CCN(C(C)(C)C)CC1)O2. The van der Waals surface area contributed by atoms with Gasteiger partial charge in [-0.2, -0.15) is 0 Å². The van der Waals surface area contributed by atoms with Gasteiger partial charge in [-0.25, -0.2) is 4.79 Å². The van der Waals surface area contributed by atoms with Crippen molar-refractivity contribution in [3.8, 4) is 11.5 Å². The van der Waals surface area contributed by atoms with E-state index in [0.29, 0.717) is 27.5 Å². The van der Waals surface area contributed by atoms with Crippen LogP contribution in [0.25, 0.3) is 0 Å². The molecule has 0 radical (unpaired) electrons. The van der Waals surface area contributed by atoms with Gasteiger partial charge in [0.2, 0.25) is 0 Å². The molecule has 0 aliphatic carbocycles. The van der Waals surface area contributed by atoms with Crippen molar-refractivity contribution in [2.24, 2.45) is 5.92 Å². The zero-order valence-electron chi connectivity index (χ0n) is 16.4. The van der Waals surface area contributed by atoms with Crippen LogP contribution in [-0.2, 0) is 4.74 Å². The number of nitrogens with zero attached hydrogens (tertiary/aromatic N) is 1. The lowest BCUT2D eigenvalue weighted by molar-refractivity contribution is -0.129. The second-order valence-electron chi connectivity index (χ2n) is 8.33. The van der Waals surface area contributed by atoms with Crippen LogP contribution in [-0.4, -0.2) is 42.4 Å². The summed E-state index contributed by atoms with van der Waals surface area (Å²) in [5.74, 6) is 0.522. The lowest BCUT2D eigenvalue weighted by Crippen LogP contribution is -2.52. The van der Waals surface area contributed by atoms with Crippen LogP contribution >= 0.6 is 15.9 Å². The minimum Gasteiger partial charge on any atom is -0.465 e. The van der Waals surface area contributed by atoms with E-state index < -0.39 is 5.79 Å². The molecule has 0 N–H and O–H groups in total. The maximum absolute atomic E-state index is 12.0. The fourth-order valence-corrected chi connectivity index (χ4v) is 4.40. The van der Waals surface area contributed by atoms with Crippen molar-refractivity contribution in [3.63, 3.8) is 0 Å². The number of likely N-dealkylation sites (tertiary alicyclic amines) is 1. The standard InChI is InChI=1S/C20H28BrNO4/c1-12-14(18(23)24-6)11-15(21)17-16(12)25-20(5,26-17)13-7-9-22(10-8-13)19(2,3)4/h11,13H,7-10H2,1-6H3. The minimum atomic E-state index is -0.714. The molecule has 2 aliphatic heterocycles. The number of piperidine rings is 1. The van der Waals surface area contributed by atoms with E-state index in [-0.39, 0.29) is 11.5 Å². The van der Waals surface area contributed by atoms with E-state index in [2.05, 4.69) is 41.6 Å². The summed E-state index contributed by atoms with van der Waals surface area (Å²) in [4.78, 5) is 14.5. The molecule has 2 heterocycles. The Morgan fingerprint density at radius 3 is 2.38 bits per heavy atom. The summed E-state index contributed by atoms with van der Waals surface area (Å²) < 4.78 is 18.2. The molecule has 1 saturated heterocycles. The molecule has 1 atom stereocenters. The van der Waals surface area contributed by atoms with Gasteiger partial charge in [0.15, 0.2) is 11.5 Å². The van der Waals surface area contributed by atoms with Gasteiger partial charge < -0.3 is 14.2 Å². The monoisotopic (exact) mass is 425 g/mol. The number of ether oxygens (including phenoxy) is 3. The van der Waals surface area contributed by atoms with Crippen LogP contribution in [0.1, 0.15) is 56.5 Å². The van der Waals surface area contributed by atoms with Crippen molar-refractivity contribution in [3.05, 3.63) is 21.7 Å². The summed E-state index contributed by atoms with van der Waals surface area (Å²) in [6, 6.07) is 1.75. The van der Waals surface area contributed by atoms with Crippen LogP contribution in [0.5, 0.6) is 11.5 Å². The van der Waals surface area contributed by atoms with Gasteiger partial charge in [0.25, 0.3) is 5.79 Å². The maximum atomic E-state index is 12.0. The Labute approximate surface area is 164 Å². The highest BCUT2D eigenvalue weighted by atomic mass is 79.9. The molecular weight excluding hydrogens is 398 g/mol. The first-order valence-corrected chi connectivity index (χ1v) is 9.90. The van der Waals surface area contributed by atoms with Gasteiger partial charge in [-0.15, -0.1) is 0 Å². The van der Waals surface area contributed by atoms with Crippen LogP contribution in [0, 0.1) is 12.8 Å². The third-order valence-corrected chi connectivity index (χ3v) is 6.23. The average Bonchev–Trinajstić information content (AvgIpc) is 2.97. The largest absolute Gasteiger partial charge is 0.465 e. The predicted octanol–water partition coefficient (Wildman–Crippen LogP) is 4.54. The average molecular weight is 426 g/mol. The first-order valence-electron chi connectivity index (χ1n) is 9.11. The number of benzene rings is 1. The molecule has 1 fully saturated rings. The van der Waals surface area contributed by atoms with Gasteiger partial charge in [-0.3, -0.25) is 4.90 Å². The zero-order chi connectivity index (χ0) is 19.3. The first-order chi connectivity index (χ1) is 12.1. The van der Waals surface area contributed by atoms with Gasteiger partial charge in [-0.1, -0.05) is 0 Å². The third kappa shape index (κ3) is 3.33. The highest BCUT2D eigenvalue weighted by Gasteiger charge is 2.47. The number of esters is 1. The van der Waals surface area contributed by atoms with E-state index in [0.717, 1.165) is 31.5 Å². The quantitative estimate of drug-likeness (QED) is 0.650. The third-order valence-electron chi connectivity index (χ3n) is 5.64. The van der Waals surface area contributed by atoms with Gasteiger partial charge in [-0.05, 0) is 75.6 Å². The summed E-state index contributed by atoms with van der Waals surface area (Å²) in [7, 11) is 1.38. The molecule has 6 heteroatoms. The molecule has 1 aromatic rings. The highest BCUT2D eigenvalue weighted by Crippen LogP contribution is 2.51. The number of methoxy groups -OCH3 is 1. The molecule has 1 unspecified atom stereocenters. The molecule has 144 valence electrons. The number of rotatable bonds is 2. The number of carbonyl (C=O) groups excluding carboxylic acids is 1. The summed E-state index contributed by atoms with van der Waals surface area (Å²) in [5, 5.41) is 0. The summed E-state index contributed by atoms with van der Waals surface area (Å²) in [6.07, 6.45) is 2.03. The van der Waals surface area contributed by atoms with Crippen molar-refractivity contribution in [1.82, 2.24) is 4.90 Å². The smallest absolute Gasteiger partial charge is 0.338 e. The van der Waals surface area contributed by atoms with Crippen LogP contribution in [0.4, 0.5) is 0 Å². The molecule has 0 bridgehead atoms. The van der Waals surface area contributed by atoms with Crippen molar-refractivity contribution in [2.45, 2.75) is 58.8 Å². The molecule has 3 rings (SSSR count). The van der Waals surface area contributed by atoms with Crippen LogP contribution in [0.3, 0.4) is 0 Å². The normalized spacial score (nSPS) is 24.0. The molecule has 5 nitrogen and oxygen atoms in total. The molecule has 26 heavy (non-hydrogen) atoms. The van der Waals surface area contributed by atoms with E-state index in [1.807, 2.05) is 13.8 Å². The second-order valence-corrected chi connectivity index (χ2v) is 9.19. The Bertz CT molecular complexity index is 720. The predicted molar refractivity (Wildman–Crippen MR) is 104 cm³/mol. The van der Waals surface area contributed by atoms with Crippen molar-refractivity contribution in [1.29, 1.82) is 0 Å². The number of hydrogen-bond acceptors (Lipinski definition) is 5. The van der Waals surface area contributed by atoms with E-state index >= 15 is 0 Å². The molecule has 0 saturated carbocycles. The molecule has 2 aliphatic rings. The molecular formula is C20H28BrNO4. The topological polar surface area (TPSA) is 48.0 Å². The number of fused-ring (bicyclic) bond motifs is 1. The zero-order valence-corrected chi connectivity index (χ0v) is 18.0. The molecule has 0 spiro atoms. The highest BCUT2D eigenvalue weighted by molar-refractivity contribution is 9.10. The van der Waals surface area contributed by atoms with Crippen LogP contribution in [0.15, 0.2) is 10.5 Å². The summed E-state index contributed by atoms with van der Waals surface area (Å²) >= 11 is 3.52. The lowest BCUT2D eigenvalue weighted by atomic mass is 9.87. The van der Waals surface area contributed by atoms with Crippen LogP contribution < -0.4 is 9.47 Å². The molecule has 0 aromatic heterocycles. The van der Waals surface area contributed by atoms with Crippen molar-refractivity contribution >= 4 is 21.9 Å². The van der Waals surface area contributed by atoms with Crippen molar-refractivity contribution in [2.75, 3.05) is 20.2 Å². The van der Waals surface area contributed by atoms with Gasteiger partial charge in [0.05, 0.1) is 17.1 Å². The Hall–Kier alpha value is -1.27. The van der Waals surface area contributed by atoms with Crippen molar-refractivity contribution < 1.29 is 19.0 Å². The Morgan fingerprint density at radius 2 is 1.85 bits per heavy atom. The lowest BCUT2D eigenvalue weighted by Gasteiger charge is -2.44. The maximum Gasteiger partial charge on any atom is 0.338 e. The van der Waals surface area contributed by atoms with E-state index in [1.165, 1.54) is 7.11 Å². The summed E-state index contributed by atoms with van der Waals surface area (Å²) in [5.41, 5.74) is 1.43. The Kier molecular flexibility index (Phi) is 5.03. The Balaban J connectivity index is 1.83. The van der Waals surface area contributed by atoms with Crippen LogP contribution in [0.2, 0.25) is 0 Å². The molecule has 1 aromatic carbocycles. The van der Waals surface area contributed by atoms with E-state index in [1.54, 1.807) is 6.07 Å². The van der Waals surface area contributed by atoms with E-state index in [4.69, 9.17) is 14.2 Å². The number of hydrogen-bond donors (Lipinski definition) is 0. The van der Waals surface area contributed by atoms with Gasteiger partial charge >= 0.3 is 5.97 Å². The van der Waals surface area contributed by atoms with Gasteiger partial charge in [0.1, 0.15) is 0 Å². The number of carbonyl (C=O) groups is 1. The second kappa shape index (κ2) is 6.71.